The van der Waals surface area contributed by atoms with Gasteiger partial charge in [-0.05, 0) is 12.1 Å². The molecule has 5 heteroatoms. The van der Waals surface area contributed by atoms with Gasteiger partial charge >= 0.3 is 0 Å². The van der Waals surface area contributed by atoms with Crippen molar-refractivity contribution >= 4 is 45.4 Å². The summed E-state index contributed by atoms with van der Waals surface area (Å²) < 4.78 is 0. The van der Waals surface area contributed by atoms with Gasteiger partial charge in [-0.3, -0.25) is 0 Å². The van der Waals surface area contributed by atoms with Gasteiger partial charge in [0.15, 0.2) is 5.13 Å². The summed E-state index contributed by atoms with van der Waals surface area (Å²) in [5.74, 6) is 0.402. The first-order valence-electron chi connectivity index (χ1n) is 4.72. The lowest BCUT2D eigenvalue weighted by atomic mass is 10.3. The van der Waals surface area contributed by atoms with E-state index >= 15 is 0 Å². The summed E-state index contributed by atoms with van der Waals surface area (Å²) >= 11 is 13.2. The molecule has 84 valence electrons. The molecule has 0 saturated carbocycles. The molecule has 0 bridgehead atoms. The Balaban J connectivity index is 2.31. The molecule has 0 radical (unpaired) electrons. The van der Waals surface area contributed by atoms with Crippen molar-refractivity contribution in [3.05, 3.63) is 40.4 Å². The van der Waals surface area contributed by atoms with Gasteiger partial charge < -0.3 is 4.90 Å². The molecule has 1 aromatic heterocycles. The van der Waals surface area contributed by atoms with Crippen LogP contribution >= 0.6 is 34.5 Å². The maximum atomic E-state index is 5.96. The SMILES string of the molecule is CN(c1ccccc1)c1nc(Cl)c(CCl)s1. The third-order valence-electron chi connectivity index (χ3n) is 2.19. The number of thiazole rings is 1. The van der Waals surface area contributed by atoms with Crippen LogP contribution in [-0.4, -0.2) is 12.0 Å². The first-order valence-corrected chi connectivity index (χ1v) is 6.45. The molecule has 1 heterocycles. The van der Waals surface area contributed by atoms with E-state index in [1.807, 2.05) is 42.3 Å². The molecule has 0 spiro atoms. The Bertz CT molecular complexity index is 470. The van der Waals surface area contributed by atoms with Gasteiger partial charge in [0.25, 0.3) is 0 Å². The molecule has 2 rings (SSSR count). The maximum absolute atomic E-state index is 5.96. The number of aromatic nitrogens is 1. The first-order chi connectivity index (χ1) is 7.72. The van der Waals surface area contributed by atoms with Gasteiger partial charge in [-0.25, -0.2) is 4.98 Å². The zero-order valence-corrected chi connectivity index (χ0v) is 11.0. The van der Waals surface area contributed by atoms with E-state index in [9.17, 15) is 0 Å². The first kappa shape index (κ1) is 11.7. The number of alkyl halides is 1. The van der Waals surface area contributed by atoms with Crippen molar-refractivity contribution < 1.29 is 0 Å². The van der Waals surface area contributed by atoms with Crippen molar-refractivity contribution in [2.45, 2.75) is 5.88 Å². The lowest BCUT2D eigenvalue weighted by Gasteiger charge is -2.15. The number of benzene rings is 1. The molecule has 0 atom stereocenters. The Morgan fingerprint density at radius 1 is 1.31 bits per heavy atom. The Morgan fingerprint density at radius 2 is 2.00 bits per heavy atom. The molecule has 0 aliphatic rings. The molecule has 16 heavy (non-hydrogen) atoms. The highest BCUT2D eigenvalue weighted by Crippen LogP contribution is 2.33. The molecule has 0 N–H and O–H groups in total. The lowest BCUT2D eigenvalue weighted by Crippen LogP contribution is -2.08. The lowest BCUT2D eigenvalue weighted by molar-refractivity contribution is 1.17. The van der Waals surface area contributed by atoms with Gasteiger partial charge in [-0.15, -0.1) is 11.6 Å². The number of para-hydroxylation sites is 1. The van der Waals surface area contributed by atoms with E-state index in [4.69, 9.17) is 23.2 Å². The Morgan fingerprint density at radius 3 is 2.56 bits per heavy atom. The monoisotopic (exact) mass is 272 g/mol. The van der Waals surface area contributed by atoms with Crippen molar-refractivity contribution in [2.75, 3.05) is 11.9 Å². The predicted molar refractivity (Wildman–Crippen MR) is 71.2 cm³/mol. The van der Waals surface area contributed by atoms with Crippen LogP contribution < -0.4 is 4.90 Å². The second kappa shape index (κ2) is 5.04. The second-order valence-corrected chi connectivity index (χ2v) is 4.93. The van der Waals surface area contributed by atoms with E-state index in [0.717, 1.165) is 15.7 Å². The molecule has 0 saturated heterocycles. The fourth-order valence-corrected chi connectivity index (χ4v) is 2.76. The largest absolute Gasteiger partial charge is 0.321 e. The van der Waals surface area contributed by atoms with Gasteiger partial charge in [0.05, 0.1) is 10.8 Å². The summed E-state index contributed by atoms with van der Waals surface area (Å²) in [4.78, 5) is 7.18. The van der Waals surface area contributed by atoms with Gasteiger partial charge in [0.1, 0.15) is 5.15 Å². The Kier molecular flexibility index (Phi) is 3.69. The van der Waals surface area contributed by atoms with E-state index in [-0.39, 0.29) is 0 Å². The summed E-state index contributed by atoms with van der Waals surface area (Å²) in [5, 5.41) is 1.35. The van der Waals surface area contributed by atoms with E-state index in [0.29, 0.717) is 11.0 Å². The van der Waals surface area contributed by atoms with Crippen molar-refractivity contribution in [2.24, 2.45) is 0 Å². The fourth-order valence-electron chi connectivity index (χ4n) is 1.31. The van der Waals surface area contributed by atoms with Crippen LogP contribution in [0.5, 0.6) is 0 Å². The summed E-state index contributed by atoms with van der Waals surface area (Å²) in [6.45, 7) is 0. The zero-order valence-electron chi connectivity index (χ0n) is 8.65. The number of hydrogen-bond acceptors (Lipinski definition) is 3. The van der Waals surface area contributed by atoms with Crippen LogP contribution in [0.1, 0.15) is 4.88 Å². The van der Waals surface area contributed by atoms with Crippen molar-refractivity contribution in [1.82, 2.24) is 4.98 Å². The van der Waals surface area contributed by atoms with Crippen molar-refractivity contribution in [1.29, 1.82) is 0 Å². The van der Waals surface area contributed by atoms with E-state index < -0.39 is 0 Å². The highest BCUT2D eigenvalue weighted by atomic mass is 35.5. The van der Waals surface area contributed by atoms with Crippen LogP contribution in [0.2, 0.25) is 5.15 Å². The van der Waals surface area contributed by atoms with Gasteiger partial charge in [0, 0.05) is 12.7 Å². The molecule has 0 unspecified atom stereocenters. The minimum absolute atomic E-state index is 0.402. The van der Waals surface area contributed by atoms with Crippen molar-refractivity contribution in [3.8, 4) is 0 Å². The van der Waals surface area contributed by atoms with E-state index in [1.54, 1.807) is 0 Å². The Labute approximate surface area is 108 Å². The van der Waals surface area contributed by atoms with E-state index in [2.05, 4.69) is 4.98 Å². The fraction of sp³-hybridized carbons (Fsp3) is 0.182. The third kappa shape index (κ3) is 2.32. The topological polar surface area (TPSA) is 16.1 Å². The molecular formula is C11H10Cl2N2S. The van der Waals surface area contributed by atoms with Crippen LogP contribution in [0.25, 0.3) is 0 Å². The highest BCUT2D eigenvalue weighted by Gasteiger charge is 2.12. The van der Waals surface area contributed by atoms with Gasteiger partial charge in [-0.1, -0.05) is 41.1 Å². The molecule has 0 amide bonds. The van der Waals surface area contributed by atoms with Crippen LogP contribution in [0.15, 0.2) is 30.3 Å². The summed E-state index contributed by atoms with van der Waals surface area (Å²) in [6.07, 6.45) is 0. The van der Waals surface area contributed by atoms with Crippen LogP contribution in [-0.2, 0) is 5.88 Å². The van der Waals surface area contributed by atoms with Gasteiger partial charge in [0.2, 0.25) is 0 Å². The third-order valence-corrected chi connectivity index (χ3v) is 4.17. The minimum atomic E-state index is 0.402. The maximum Gasteiger partial charge on any atom is 0.191 e. The van der Waals surface area contributed by atoms with Crippen LogP contribution in [0.4, 0.5) is 10.8 Å². The molecule has 0 fully saturated rings. The highest BCUT2D eigenvalue weighted by molar-refractivity contribution is 7.16. The number of rotatable bonds is 3. The average molecular weight is 273 g/mol. The van der Waals surface area contributed by atoms with E-state index in [1.165, 1.54) is 11.3 Å². The van der Waals surface area contributed by atoms with Crippen molar-refractivity contribution in [3.63, 3.8) is 0 Å². The van der Waals surface area contributed by atoms with Gasteiger partial charge in [-0.2, -0.15) is 0 Å². The standard InChI is InChI=1S/C11H10Cl2N2S/c1-15(8-5-3-2-4-6-8)11-14-10(13)9(7-12)16-11/h2-6H,7H2,1H3. The normalized spacial score (nSPS) is 10.4. The smallest absolute Gasteiger partial charge is 0.191 e. The molecule has 0 aliphatic carbocycles. The second-order valence-electron chi connectivity index (χ2n) is 3.24. The molecular weight excluding hydrogens is 263 g/mol. The minimum Gasteiger partial charge on any atom is -0.321 e. The zero-order chi connectivity index (χ0) is 11.5. The van der Waals surface area contributed by atoms with Crippen LogP contribution in [0.3, 0.4) is 0 Å². The number of anilines is 2. The van der Waals surface area contributed by atoms with Crippen LogP contribution in [0, 0.1) is 0 Å². The molecule has 2 nitrogen and oxygen atoms in total. The average Bonchev–Trinajstić information content (AvgIpc) is 2.71. The molecule has 0 aliphatic heterocycles. The number of hydrogen-bond donors (Lipinski definition) is 0. The molecule has 1 aromatic carbocycles. The number of nitrogens with zero attached hydrogens (tertiary/aromatic N) is 2. The predicted octanol–water partition coefficient (Wildman–Crippen LogP) is 4.30. The number of halogens is 2. The summed E-state index contributed by atoms with van der Waals surface area (Å²) in [6, 6.07) is 10.0. The Hall–Kier alpha value is -0.770. The summed E-state index contributed by atoms with van der Waals surface area (Å²) in [5.41, 5.74) is 1.08. The summed E-state index contributed by atoms with van der Waals surface area (Å²) in [7, 11) is 1.96. The quantitative estimate of drug-likeness (QED) is 0.775. The molecule has 2 aromatic rings.